The van der Waals surface area contributed by atoms with Crippen LogP contribution in [0.15, 0.2) is 60.8 Å². The van der Waals surface area contributed by atoms with Crippen molar-refractivity contribution in [1.82, 2.24) is 5.32 Å². The van der Waals surface area contributed by atoms with Gasteiger partial charge >= 0.3 is 0 Å². The molecular formula is C39H69NO3. The highest BCUT2D eigenvalue weighted by Gasteiger charge is 2.17. The molecule has 4 heteroatoms. The lowest BCUT2D eigenvalue weighted by molar-refractivity contribution is -0.123. The summed E-state index contributed by atoms with van der Waals surface area (Å²) in [7, 11) is 0. The molecule has 248 valence electrons. The lowest BCUT2D eigenvalue weighted by Gasteiger charge is -2.19. The summed E-state index contributed by atoms with van der Waals surface area (Å²) in [5, 5.41) is 22.8. The standard InChI is InChI=1S/C39H69NO3/c1-3-5-7-9-11-13-15-17-18-19-20-21-23-25-27-29-31-33-35-39(43)40-37(36-41)38(42)34-32-30-28-26-24-22-16-14-12-10-8-6-4-2/h12-15,18-19,24,26,32,34,37-38,41-42H,3-11,16-17,20-23,25,27-31,33,35-36H2,1-2H3,(H,40,43)/b14-12+,15-13-,19-18-,26-24+,34-32+. The van der Waals surface area contributed by atoms with Crippen molar-refractivity contribution in [1.29, 1.82) is 0 Å². The molecule has 0 radical (unpaired) electrons. The van der Waals surface area contributed by atoms with Crippen molar-refractivity contribution in [3.8, 4) is 0 Å². The third-order valence-electron chi connectivity index (χ3n) is 7.70. The van der Waals surface area contributed by atoms with Gasteiger partial charge in [0.1, 0.15) is 0 Å². The first-order chi connectivity index (χ1) is 21.2. The van der Waals surface area contributed by atoms with Gasteiger partial charge in [-0.05, 0) is 77.0 Å². The van der Waals surface area contributed by atoms with Crippen LogP contribution in [0.2, 0.25) is 0 Å². The molecule has 0 heterocycles. The first kappa shape index (κ1) is 41.1. The second-order valence-corrected chi connectivity index (χ2v) is 11.9. The maximum atomic E-state index is 12.3. The minimum Gasteiger partial charge on any atom is -0.394 e. The Morgan fingerprint density at radius 1 is 0.558 bits per heavy atom. The first-order valence-electron chi connectivity index (χ1n) is 18.0. The van der Waals surface area contributed by atoms with Crippen LogP contribution in [0.1, 0.15) is 162 Å². The van der Waals surface area contributed by atoms with Crippen LogP contribution in [0.4, 0.5) is 0 Å². The molecule has 0 aromatic rings. The van der Waals surface area contributed by atoms with Crippen LogP contribution in [0.3, 0.4) is 0 Å². The Bertz CT molecular complexity index is 737. The number of aliphatic hydroxyl groups is 2. The molecule has 2 unspecified atom stereocenters. The van der Waals surface area contributed by atoms with Gasteiger partial charge in [-0.3, -0.25) is 4.79 Å². The maximum Gasteiger partial charge on any atom is 0.220 e. The lowest BCUT2D eigenvalue weighted by atomic mass is 10.1. The largest absolute Gasteiger partial charge is 0.394 e. The topological polar surface area (TPSA) is 69.6 Å². The Morgan fingerprint density at radius 2 is 0.977 bits per heavy atom. The van der Waals surface area contributed by atoms with Gasteiger partial charge in [-0.25, -0.2) is 0 Å². The number of aliphatic hydroxyl groups excluding tert-OH is 2. The van der Waals surface area contributed by atoms with Gasteiger partial charge in [-0.2, -0.15) is 0 Å². The number of allylic oxidation sites excluding steroid dienone is 9. The Kier molecular flexibility index (Phi) is 33.0. The van der Waals surface area contributed by atoms with Crippen molar-refractivity contribution in [3.63, 3.8) is 0 Å². The van der Waals surface area contributed by atoms with Crippen LogP contribution in [0.25, 0.3) is 0 Å². The molecule has 3 N–H and O–H groups in total. The van der Waals surface area contributed by atoms with Crippen molar-refractivity contribution in [3.05, 3.63) is 60.8 Å². The van der Waals surface area contributed by atoms with Gasteiger partial charge in [0, 0.05) is 6.42 Å². The summed E-state index contributed by atoms with van der Waals surface area (Å²) in [4.78, 5) is 12.3. The number of nitrogens with one attached hydrogen (secondary N) is 1. The van der Waals surface area contributed by atoms with Crippen LogP contribution in [-0.4, -0.2) is 34.9 Å². The molecule has 2 atom stereocenters. The van der Waals surface area contributed by atoms with Crippen molar-refractivity contribution in [2.45, 2.75) is 174 Å². The Hall–Kier alpha value is -1.91. The van der Waals surface area contributed by atoms with E-state index in [-0.39, 0.29) is 12.5 Å². The predicted molar refractivity (Wildman–Crippen MR) is 188 cm³/mol. The van der Waals surface area contributed by atoms with Crippen molar-refractivity contribution in [2.75, 3.05) is 6.61 Å². The summed E-state index contributed by atoms with van der Waals surface area (Å²) in [6, 6.07) is -0.649. The predicted octanol–water partition coefficient (Wildman–Crippen LogP) is 10.6. The zero-order chi connectivity index (χ0) is 31.5. The van der Waals surface area contributed by atoms with E-state index in [2.05, 4.69) is 67.8 Å². The van der Waals surface area contributed by atoms with Crippen molar-refractivity contribution in [2.24, 2.45) is 0 Å². The molecule has 1 amide bonds. The van der Waals surface area contributed by atoms with Gasteiger partial charge in [-0.1, -0.05) is 139 Å². The Morgan fingerprint density at radius 3 is 1.53 bits per heavy atom. The summed E-state index contributed by atoms with van der Waals surface area (Å²) < 4.78 is 0. The number of carbonyl (C=O) groups is 1. The quantitative estimate of drug-likeness (QED) is 0.0548. The molecule has 0 rings (SSSR count). The third kappa shape index (κ3) is 31.3. The monoisotopic (exact) mass is 600 g/mol. The SMILES string of the molecule is CCCCC/C=C/CC/C=C/CC/C=C/C(O)C(CO)NC(=O)CCCCCCCCC/C=C\C/C=C\CCCCCC. The number of rotatable bonds is 31. The average molecular weight is 600 g/mol. The average Bonchev–Trinajstić information content (AvgIpc) is 3.01. The fraction of sp³-hybridized carbons (Fsp3) is 0.718. The molecule has 0 bridgehead atoms. The molecule has 0 aliphatic carbocycles. The van der Waals surface area contributed by atoms with Crippen LogP contribution in [0.5, 0.6) is 0 Å². The maximum absolute atomic E-state index is 12.3. The minimum atomic E-state index is -0.873. The number of unbranched alkanes of at least 4 members (excludes halogenated alkanes) is 16. The van der Waals surface area contributed by atoms with Gasteiger partial charge in [0.05, 0.1) is 18.8 Å². The van der Waals surface area contributed by atoms with Gasteiger partial charge in [0.15, 0.2) is 0 Å². The Balaban J connectivity index is 3.73. The minimum absolute atomic E-state index is 0.0908. The summed E-state index contributed by atoms with van der Waals surface area (Å²) in [6.07, 6.45) is 47.3. The summed E-state index contributed by atoms with van der Waals surface area (Å²) >= 11 is 0. The van der Waals surface area contributed by atoms with Crippen LogP contribution >= 0.6 is 0 Å². The summed E-state index contributed by atoms with van der Waals surface area (Å²) in [5.41, 5.74) is 0. The number of hydrogen-bond donors (Lipinski definition) is 3. The van der Waals surface area contributed by atoms with E-state index in [1.54, 1.807) is 6.08 Å². The van der Waals surface area contributed by atoms with E-state index < -0.39 is 12.1 Å². The molecule has 0 aliphatic rings. The molecule has 0 saturated heterocycles. The van der Waals surface area contributed by atoms with E-state index in [9.17, 15) is 15.0 Å². The van der Waals surface area contributed by atoms with Crippen molar-refractivity contribution >= 4 is 5.91 Å². The zero-order valence-corrected chi connectivity index (χ0v) is 28.2. The van der Waals surface area contributed by atoms with E-state index in [0.29, 0.717) is 6.42 Å². The van der Waals surface area contributed by atoms with Gasteiger partial charge in [0.25, 0.3) is 0 Å². The molecule has 0 saturated carbocycles. The highest BCUT2D eigenvalue weighted by molar-refractivity contribution is 5.76. The van der Waals surface area contributed by atoms with Crippen molar-refractivity contribution < 1.29 is 15.0 Å². The molecular weight excluding hydrogens is 530 g/mol. The molecule has 0 aromatic carbocycles. The number of carbonyl (C=O) groups excluding carboxylic acids is 1. The van der Waals surface area contributed by atoms with E-state index >= 15 is 0 Å². The fourth-order valence-electron chi connectivity index (χ4n) is 4.88. The fourth-order valence-corrected chi connectivity index (χ4v) is 4.88. The van der Waals surface area contributed by atoms with Gasteiger partial charge < -0.3 is 15.5 Å². The summed E-state index contributed by atoms with van der Waals surface area (Å²) in [5.74, 6) is -0.0908. The number of amides is 1. The smallest absolute Gasteiger partial charge is 0.220 e. The zero-order valence-electron chi connectivity index (χ0n) is 28.2. The van der Waals surface area contributed by atoms with Crippen LogP contribution in [-0.2, 0) is 4.79 Å². The van der Waals surface area contributed by atoms with Gasteiger partial charge in [-0.15, -0.1) is 0 Å². The van der Waals surface area contributed by atoms with E-state index in [1.807, 2.05) is 6.08 Å². The Labute approximate surface area is 266 Å². The normalized spacial score (nSPS) is 13.9. The second-order valence-electron chi connectivity index (χ2n) is 11.9. The summed E-state index contributed by atoms with van der Waals surface area (Å²) in [6.45, 7) is 4.22. The van der Waals surface area contributed by atoms with Crippen LogP contribution < -0.4 is 5.32 Å². The first-order valence-corrected chi connectivity index (χ1v) is 18.0. The van der Waals surface area contributed by atoms with Crippen LogP contribution in [0, 0.1) is 0 Å². The number of hydrogen-bond acceptors (Lipinski definition) is 3. The lowest BCUT2D eigenvalue weighted by Crippen LogP contribution is -2.45. The van der Waals surface area contributed by atoms with Gasteiger partial charge in [0.2, 0.25) is 5.91 Å². The molecule has 0 aliphatic heterocycles. The van der Waals surface area contributed by atoms with E-state index in [4.69, 9.17) is 0 Å². The molecule has 43 heavy (non-hydrogen) atoms. The highest BCUT2D eigenvalue weighted by atomic mass is 16.3. The molecule has 4 nitrogen and oxygen atoms in total. The second kappa shape index (κ2) is 34.6. The molecule has 0 aromatic heterocycles. The molecule has 0 fully saturated rings. The third-order valence-corrected chi connectivity index (χ3v) is 7.70. The molecule has 0 spiro atoms. The van der Waals surface area contributed by atoms with E-state index in [1.165, 1.54) is 89.9 Å². The van der Waals surface area contributed by atoms with E-state index in [0.717, 1.165) is 51.4 Å². The highest BCUT2D eigenvalue weighted by Crippen LogP contribution is 2.11.